The van der Waals surface area contributed by atoms with Gasteiger partial charge in [-0.2, -0.15) is 0 Å². The van der Waals surface area contributed by atoms with Gasteiger partial charge < -0.3 is 5.11 Å². The predicted octanol–water partition coefficient (Wildman–Crippen LogP) is 6.43. The molecule has 2 fully saturated rings. The van der Waals surface area contributed by atoms with Gasteiger partial charge in [0.05, 0.1) is 0 Å². The quantitative estimate of drug-likeness (QED) is 0.174. The lowest BCUT2D eigenvalue weighted by atomic mass is 9.70. The van der Waals surface area contributed by atoms with E-state index in [4.69, 9.17) is 6.42 Å². The Hall–Kier alpha value is 0.390. The molecule has 0 amide bonds. The minimum atomic E-state index is -0.818. The maximum Gasteiger partial charge on any atom is 0.142 e. The van der Waals surface area contributed by atoms with Crippen LogP contribution in [0, 0.1) is 23.2 Å². The Morgan fingerprint density at radius 2 is 1.67 bits per heavy atom. The standard InChI is InChI=1S/2C10H16O.I2/c1-10(2)6-3-4-9(8-10)5-7-11;1-4-10(11)7-5-6-9(2,3)8-10;1-2/h5,7H,3-4,6,8H2,1-2H3;1,11H,5-8H2,2-3H3;. The highest BCUT2D eigenvalue weighted by Gasteiger charge is 2.36. The van der Waals surface area contributed by atoms with Gasteiger partial charge in [-0.05, 0) is 68.3 Å². The number of allylic oxidation sites excluding steroid dienone is 2. The minimum absolute atomic E-state index is 0.222. The van der Waals surface area contributed by atoms with Crippen molar-refractivity contribution in [3.8, 4) is 12.3 Å². The van der Waals surface area contributed by atoms with E-state index >= 15 is 0 Å². The molecule has 0 heterocycles. The van der Waals surface area contributed by atoms with Crippen molar-refractivity contribution in [2.75, 3.05) is 0 Å². The molecule has 1 atom stereocenters. The molecule has 1 N–H and O–H groups in total. The molecule has 138 valence electrons. The van der Waals surface area contributed by atoms with Gasteiger partial charge in [0.2, 0.25) is 0 Å². The van der Waals surface area contributed by atoms with Crippen LogP contribution in [0.25, 0.3) is 0 Å². The van der Waals surface area contributed by atoms with Crippen molar-refractivity contribution in [2.45, 2.75) is 84.7 Å². The number of carbonyl (C=O) groups excluding carboxylic acids is 1. The third-order valence-corrected chi connectivity index (χ3v) is 4.84. The van der Waals surface area contributed by atoms with Gasteiger partial charge >= 0.3 is 0 Å². The molecule has 2 saturated carbocycles. The molecule has 0 aromatic rings. The zero-order valence-corrected chi connectivity index (χ0v) is 19.8. The summed E-state index contributed by atoms with van der Waals surface area (Å²) in [6.45, 7) is 8.86. The van der Waals surface area contributed by atoms with Gasteiger partial charge in [-0.25, -0.2) is 0 Å². The van der Waals surface area contributed by atoms with Crippen LogP contribution in [-0.4, -0.2) is 17.0 Å². The summed E-state index contributed by atoms with van der Waals surface area (Å²) in [6.07, 6.45) is 16.4. The van der Waals surface area contributed by atoms with Crippen LogP contribution in [0.4, 0.5) is 0 Å². The van der Waals surface area contributed by atoms with Crippen LogP contribution >= 0.6 is 37.2 Å². The smallest absolute Gasteiger partial charge is 0.142 e. The summed E-state index contributed by atoms with van der Waals surface area (Å²) in [5.74, 6) is 2.49. The highest BCUT2D eigenvalue weighted by molar-refractivity contribution is 15.0. The van der Waals surface area contributed by atoms with E-state index in [-0.39, 0.29) is 5.41 Å². The first kappa shape index (κ1) is 24.4. The van der Waals surface area contributed by atoms with Crippen molar-refractivity contribution < 1.29 is 9.90 Å². The Morgan fingerprint density at radius 3 is 2.08 bits per heavy atom. The molecule has 1 unspecified atom stereocenters. The molecule has 0 spiro atoms. The average Bonchev–Trinajstić information content (AvgIpc) is 2.48. The summed E-state index contributed by atoms with van der Waals surface area (Å²) in [5, 5.41) is 9.78. The molecule has 2 nitrogen and oxygen atoms in total. The molecule has 2 rings (SSSR count). The van der Waals surface area contributed by atoms with Crippen molar-refractivity contribution in [3.05, 3.63) is 11.6 Å². The zero-order chi connectivity index (χ0) is 18.9. The molecule has 0 radical (unpaired) electrons. The largest absolute Gasteiger partial charge is 0.378 e. The van der Waals surface area contributed by atoms with E-state index in [9.17, 15) is 9.90 Å². The van der Waals surface area contributed by atoms with Crippen molar-refractivity contribution in [1.29, 1.82) is 0 Å². The zero-order valence-electron chi connectivity index (χ0n) is 15.5. The fourth-order valence-electron chi connectivity index (χ4n) is 3.77. The predicted molar refractivity (Wildman–Crippen MR) is 120 cm³/mol. The third kappa shape index (κ3) is 9.76. The number of halogens is 2. The second-order valence-electron chi connectivity index (χ2n) is 8.53. The highest BCUT2D eigenvalue weighted by atomic mass is 128. The average molecular weight is 558 g/mol. The molecule has 24 heavy (non-hydrogen) atoms. The Bertz CT molecular complexity index is 461. The summed E-state index contributed by atoms with van der Waals surface area (Å²) in [7, 11) is 0. The van der Waals surface area contributed by atoms with Gasteiger partial charge in [-0.1, -0.05) is 39.2 Å². The van der Waals surface area contributed by atoms with E-state index in [0.717, 1.165) is 38.4 Å². The molecule has 4 heteroatoms. The van der Waals surface area contributed by atoms with Crippen LogP contribution in [0.5, 0.6) is 0 Å². The van der Waals surface area contributed by atoms with Gasteiger partial charge in [-0.15, -0.1) is 6.42 Å². The number of hydrogen-bond donors (Lipinski definition) is 1. The number of hydrogen-bond acceptors (Lipinski definition) is 2. The number of rotatable bonds is 1. The van der Waals surface area contributed by atoms with Crippen LogP contribution in [0.3, 0.4) is 0 Å². The highest BCUT2D eigenvalue weighted by Crippen LogP contribution is 2.40. The molecular weight excluding hydrogens is 526 g/mol. The first-order valence-corrected chi connectivity index (χ1v) is 14.9. The van der Waals surface area contributed by atoms with Gasteiger partial charge in [0, 0.05) is 37.2 Å². The molecule has 0 aromatic carbocycles. The van der Waals surface area contributed by atoms with Crippen molar-refractivity contribution in [1.82, 2.24) is 0 Å². The van der Waals surface area contributed by atoms with Crippen molar-refractivity contribution in [3.63, 3.8) is 0 Å². The second kappa shape index (κ2) is 11.2. The van der Waals surface area contributed by atoms with E-state index in [0.29, 0.717) is 5.41 Å². The molecule has 2 aliphatic rings. The lowest BCUT2D eigenvalue weighted by Crippen LogP contribution is -2.37. The summed E-state index contributed by atoms with van der Waals surface area (Å²) in [5.41, 5.74) is 1.16. The van der Waals surface area contributed by atoms with Crippen LogP contribution in [0.2, 0.25) is 0 Å². The van der Waals surface area contributed by atoms with Crippen molar-refractivity contribution >= 4 is 43.5 Å². The summed E-state index contributed by atoms with van der Waals surface area (Å²) in [6, 6.07) is 0. The van der Waals surface area contributed by atoms with Gasteiger partial charge in [0.1, 0.15) is 11.9 Å². The van der Waals surface area contributed by atoms with E-state index in [1.807, 2.05) is 0 Å². The maximum atomic E-state index is 10.2. The number of aldehydes is 1. The molecule has 2 aliphatic carbocycles. The van der Waals surface area contributed by atoms with Crippen LogP contribution < -0.4 is 0 Å². The molecule has 0 saturated heterocycles. The first-order chi connectivity index (χ1) is 11.1. The Balaban J connectivity index is 0.000000400. The van der Waals surface area contributed by atoms with E-state index in [1.54, 1.807) is 6.08 Å². The van der Waals surface area contributed by atoms with Crippen LogP contribution in [-0.2, 0) is 4.79 Å². The fraction of sp³-hybridized carbons (Fsp3) is 0.750. The topological polar surface area (TPSA) is 37.3 Å². The van der Waals surface area contributed by atoms with E-state index < -0.39 is 5.60 Å². The monoisotopic (exact) mass is 558 g/mol. The number of aliphatic hydroxyl groups is 1. The van der Waals surface area contributed by atoms with Gasteiger partial charge in [0.25, 0.3) is 0 Å². The van der Waals surface area contributed by atoms with Crippen LogP contribution in [0.15, 0.2) is 11.6 Å². The normalized spacial score (nSPS) is 29.2. The first-order valence-electron chi connectivity index (χ1n) is 8.59. The molecule has 0 bridgehead atoms. The SMILES string of the molecule is C#CC1(O)CCCC(C)(C)C1.CC1(C)CCCC(=CC=O)C1.II. The molecule has 0 aliphatic heterocycles. The summed E-state index contributed by atoms with van der Waals surface area (Å²) < 4.78 is 0. The van der Waals surface area contributed by atoms with Gasteiger partial charge in [0.15, 0.2) is 0 Å². The Kier molecular flexibility index (Phi) is 11.4. The third-order valence-electron chi connectivity index (χ3n) is 4.84. The molecule has 0 aromatic heterocycles. The summed E-state index contributed by atoms with van der Waals surface area (Å²) >= 11 is 4.24. The minimum Gasteiger partial charge on any atom is -0.378 e. The number of carbonyl (C=O) groups is 1. The maximum absolute atomic E-state index is 10.2. The van der Waals surface area contributed by atoms with Gasteiger partial charge in [-0.3, -0.25) is 4.79 Å². The second-order valence-corrected chi connectivity index (χ2v) is 8.53. The summed E-state index contributed by atoms with van der Waals surface area (Å²) in [4.78, 5) is 10.2. The van der Waals surface area contributed by atoms with Crippen LogP contribution in [0.1, 0.15) is 79.1 Å². The lowest BCUT2D eigenvalue weighted by Gasteiger charge is -2.38. The Labute approximate surface area is 171 Å². The van der Waals surface area contributed by atoms with E-state index in [2.05, 4.69) is 70.8 Å². The number of terminal acetylenes is 1. The molecular formula is C20H32I2O2. The fourth-order valence-corrected chi connectivity index (χ4v) is 3.77. The Morgan fingerprint density at radius 1 is 1.08 bits per heavy atom. The lowest BCUT2D eigenvalue weighted by molar-refractivity contribution is -0.104. The van der Waals surface area contributed by atoms with E-state index in [1.165, 1.54) is 24.8 Å². The van der Waals surface area contributed by atoms with Crippen molar-refractivity contribution in [2.24, 2.45) is 10.8 Å².